The molecule has 0 aliphatic carbocycles. The van der Waals surface area contributed by atoms with Gasteiger partial charge in [0.05, 0.1) is 19.9 Å². The van der Waals surface area contributed by atoms with E-state index in [0.29, 0.717) is 18.7 Å². The van der Waals surface area contributed by atoms with E-state index in [0.717, 1.165) is 12.0 Å². The van der Waals surface area contributed by atoms with Crippen molar-refractivity contribution in [2.75, 3.05) is 26.8 Å². The molecule has 9 nitrogen and oxygen atoms in total. The largest absolute Gasteiger partial charge is 0.492 e. The molecule has 0 spiro atoms. The van der Waals surface area contributed by atoms with Crippen molar-refractivity contribution in [1.82, 2.24) is 19.2 Å². The van der Waals surface area contributed by atoms with Gasteiger partial charge in [-0.05, 0) is 36.6 Å². The third-order valence-corrected chi connectivity index (χ3v) is 5.97. The Bertz CT molecular complexity index is 1300. The molecule has 4 rings (SSSR count). The normalized spacial score (nSPS) is 13.2. The zero-order valence-corrected chi connectivity index (χ0v) is 19.7. The van der Waals surface area contributed by atoms with Crippen LogP contribution in [0.25, 0.3) is 0 Å². The number of methoxy groups -OCH3 is 1. The van der Waals surface area contributed by atoms with Gasteiger partial charge >= 0.3 is 5.97 Å². The Labute approximate surface area is 201 Å². The number of amides is 1. The Morgan fingerprint density at radius 2 is 2.00 bits per heavy atom. The number of fused-ring (bicyclic) bond motifs is 1. The second-order valence-corrected chi connectivity index (χ2v) is 8.34. The van der Waals surface area contributed by atoms with Gasteiger partial charge in [0.25, 0.3) is 11.5 Å². The SMILES string of the molecule is COC(=O)c1c(OCCCc2cnn(C)c2)cc(=O)n2c1CCN(C(=O)c1cccc(F)c1)CC2. The van der Waals surface area contributed by atoms with E-state index in [1.54, 1.807) is 21.8 Å². The molecule has 3 aromatic rings. The van der Waals surface area contributed by atoms with Crippen LogP contribution in [-0.2, 0) is 31.2 Å². The summed E-state index contributed by atoms with van der Waals surface area (Å²) in [7, 11) is 3.12. The lowest BCUT2D eigenvalue weighted by atomic mass is 10.1. The molecule has 1 amide bonds. The van der Waals surface area contributed by atoms with Gasteiger partial charge in [-0.15, -0.1) is 0 Å². The van der Waals surface area contributed by atoms with Crippen LogP contribution in [0.15, 0.2) is 47.5 Å². The summed E-state index contributed by atoms with van der Waals surface area (Å²) in [4.78, 5) is 40.1. The third-order valence-electron chi connectivity index (χ3n) is 5.97. The van der Waals surface area contributed by atoms with Crippen molar-refractivity contribution in [3.05, 3.63) is 81.3 Å². The Morgan fingerprint density at radius 3 is 2.71 bits per heavy atom. The fourth-order valence-electron chi connectivity index (χ4n) is 4.25. The van der Waals surface area contributed by atoms with Crippen LogP contribution in [0.1, 0.15) is 38.4 Å². The number of carbonyl (C=O) groups excluding carboxylic acids is 2. The molecule has 0 saturated heterocycles. The fraction of sp³-hybridized carbons (Fsp3) is 0.360. The predicted molar refractivity (Wildman–Crippen MR) is 125 cm³/mol. The first-order chi connectivity index (χ1) is 16.9. The molecule has 1 aliphatic rings. The molecule has 1 aliphatic heterocycles. The van der Waals surface area contributed by atoms with Crippen molar-refractivity contribution >= 4 is 11.9 Å². The van der Waals surface area contributed by atoms with E-state index in [-0.39, 0.29) is 54.4 Å². The van der Waals surface area contributed by atoms with Crippen LogP contribution in [0.3, 0.4) is 0 Å². The van der Waals surface area contributed by atoms with E-state index in [9.17, 15) is 18.8 Å². The van der Waals surface area contributed by atoms with E-state index in [1.165, 1.54) is 35.9 Å². The lowest BCUT2D eigenvalue weighted by molar-refractivity contribution is 0.0593. The maximum atomic E-state index is 13.6. The number of aromatic nitrogens is 3. The fourth-order valence-corrected chi connectivity index (χ4v) is 4.25. The Morgan fingerprint density at radius 1 is 1.17 bits per heavy atom. The quantitative estimate of drug-likeness (QED) is 0.379. The van der Waals surface area contributed by atoms with Crippen molar-refractivity contribution in [2.45, 2.75) is 25.8 Å². The van der Waals surface area contributed by atoms with Gasteiger partial charge in [0.15, 0.2) is 0 Å². The van der Waals surface area contributed by atoms with Crippen molar-refractivity contribution in [1.29, 1.82) is 0 Å². The van der Waals surface area contributed by atoms with Crippen molar-refractivity contribution < 1.29 is 23.5 Å². The van der Waals surface area contributed by atoms with Gasteiger partial charge in [-0.3, -0.25) is 14.3 Å². The molecule has 0 atom stereocenters. The first-order valence-corrected chi connectivity index (χ1v) is 11.4. The number of rotatable bonds is 7. The van der Waals surface area contributed by atoms with E-state index in [1.807, 2.05) is 13.2 Å². The molecule has 2 aromatic heterocycles. The summed E-state index contributed by atoms with van der Waals surface area (Å²) in [6.45, 7) is 0.990. The van der Waals surface area contributed by atoms with Crippen LogP contribution < -0.4 is 10.3 Å². The maximum absolute atomic E-state index is 13.6. The van der Waals surface area contributed by atoms with Crippen LogP contribution in [0.5, 0.6) is 5.75 Å². The van der Waals surface area contributed by atoms with Gasteiger partial charge in [0, 0.05) is 56.6 Å². The topological polar surface area (TPSA) is 95.7 Å². The molecule has 0 bridgehead atoms. The Balaban J connectivity index is 1.54. The molecule has 10 heteroatoms. The monoisotopic (exact) mass is 482 g/mol. The molecule has 0 N–H and O–H groups in total. The van der Waals surface area contributed by atoms with E-state index in [2.05, 4.69) is 5.10 Å². The van der Waals surface area contributed by atoms with Gasteiger partial charge in [-0.1, -0.05) is 6.07 Å². The van der Waals surface area contributed by atoms with Gasteiger partial charge in [0.2, 0.25) is 0 Å². The first-order valence-electron chi connectivity index (χ1n) is 11.4. The number of aryl methyl sites for hydroxylation is 2. The highest BCUT2D eigenvalue weighted by atomic mass is 19.1. The second kappa shape index (κ2) is 10.5. The summed E-state index contributed by atoms with van der Waals surface area (Å²) in [5, 5.41) is 4.14. The minimum atomic E-state index is -0.610. The smallest absolute Gasteiger partial charge is 0.343 e. The zero-order chi connectivity index (χ0) is 24.9. The molecule has 0 fully saturated rings. The van der Waals surface area contributed by atoms with Crippen LogP contribution in [0.2, 0.25) is 0 Å². The minimum absolute atomic E-state index is 0.171. The summed E-state index contributed by atoms with van der Waals surface area (Å²) in [5.41, 5.74) is 1.62. The highest BCUT2D eigenvalue weighted by molar-refractivity contribution is 5.95. The summed E-state index contributed by atoms with van der Waals surface area (Å²) >= 11 is 0. The predicted octanol–water partition coefficient (Wildman–Crippen LogP) is 2.22. The average molecular weight is 483 g/mol. The molecule has 0 saturated carbocycles. The van der Waals surface area contributed by atoms with Gasteiger partial charge in [-0.25, -0.2) is 9.18 Å². The van der Waals surface area contributed by atoms with Crippen LogP contribution >= 0.6 is 0 Å². The number of nitrogens with zero attached hydrogens (tertiary/aromatic N) is 4. The molecule has 184 valence electrons. The lowest BCUT2D eigenvalue weighted by Gasteiger charge is -2.20. The second-order valence-electron chi connectivity index (χ2n) is 8.34. The molecule has 1 aromatic carbocycles. The number of hydrogen-bond donors (Lipinski definition) is 0. The highest BCUT2D eigenvalue weighted by Crippen LogP contribution is 2.25. The van der Waals surface area contributed by atoms with E-state index in [4.69, 9.17) is 9.47 Å². The maximum Gasteiger partial charge on any atom is 0.343 e. The van der Waals surface area contributed by atoms with Crippen molar-refractivity contribution in [3.8, 4) is 5.75 Å². The average Bonchev–Trinajstić information content (AvgIpc) is 3.13. The first kappa shape index (κ1) is 24.2. The standard InChI is InChI=1S/C25H27FN4O5/c1-28-16-17(15-27-28)5-4-12-35-21-14-22(31)30-11-10-29(9-8-20(30)23(21)25(33)34-2)24(32)18-6-3-7-19(26)13-18/h3,6-7,13-16H,4-5,8-12H2,1-2H3. The van der Waals surface area contributed by atoms with Crippen molar-refractivity contribution in [3.63, 3.8) is 0 Å². The number of hydrogen-bond acceptors (Lipinski definition) is 6. The molecule has 35 heavy (non-hydrogen) atoms. The third kappa shape index (κ3) is 5.42. The number of halogens is 1. The Hall–Kier alpha value is -3.95. The number of pyridine rings is 1. The summed E-state index contributed by atoms with van der Waals surface area (Å²) in [6.07, 6.45) is 5.35. The van der Waals surface area contributed by atoms with Gasteiger partial charge in [0.1, 0.15) is 17.1 Å². The van der Waals surface area contributed by atoms with E-state index < -0.39 is 11.8 Å². The molecular formula is C25H27FN4O5. The van der Waals surface area contributed by atoms with Gasteiger partial charge < -0.3 is 18.9 Å². The van der Waals surface area contributed by atoms with Crippen LogP contribution in [0, 0.1) is 5.82 Å². The number of ether oxygens (including phenoxy) is 2. The van der Waals surface area contributed by atoms with Crippen molar-refractivity contribution in [2.24, 2.45) is 7.05 Å². The minimum Gasteiger partial charge on any atom is -0.492 e. The molecule has 0 unspecified atom stereocenters. The molecular weight excluding hydrogens is 455 g/mol. The summed E-state index contributed by atoms with van der Waals surface area (Å²) in [6, 6.07) is 6.78. The molecule has 3 heterocycles. The zero-order valence-electron chi connectivity index (χ0n) is 19.7. The Kier molecular flexibility index (Phi) is 7.28. The molecule has 0 radical (unpaired) electrons. The number of esters is 1. The lowest BCUT2D eigenvalue weighted by Crippen LogP contribution is -2.34. The number of carbonyl (C=O) groups is 2. The number of benzene rings is 1. The highest BCUT2D eigenvalue weighted by Gasteiger charge is 2.27. The van der Waals surface area contributed by atoms with Gasteiger partial charge in [-0.2, -0.15) is 5.10 Å². The van der Waals surface area contributed by atoms with E-state index >= 15 is 0 Å². The summed E-state index contributed by atoms with van der Waals surface area (Å²) in [5.74, 6) is -1.27. The summed E-state index contributed by atoms with van der Waals surface area (Å²) < 4.78 is 27.7. The van der Waals surface area contributed by atoms with Crippen LogP contribution in [-0.4, -0.2) is 57.9 Å². The van der Waals surface area contributed by atoms with Crippen LogP contribution in [0.4, 0.5) is 4.39 Å².